The fraction of sp³-hybridized carbons (Fsp3) is 0.857. The Morgan fingerprint density at radius 1 is 1.28 bits per heavy atom. The highest BCUT2D eigenvalue weighted by atomic mass is 32.1. The third-order valence-corrected chi connectivity index (χ3v) is 4.88. The first-order valence-electron chi connectivity index (χ1n) is 6.88. The Labute approximate surface area is 116 Å². The minimum atomic E-state index is -0.628. The Morgan fingerprint density at radius 3 is 2.06 bits per heavy atom. The van der Waals surface area contributed by atoms with Crippen molar-refractivity contribution in [3.8, 4) is 0 Å². The van der Waals surface area contributed by atoms with Gasteiger partial charge in [0, 0.05) is 13.1 Å². The normalized spacial score (nSPS) is 19.7. The predicted molar refractivity (Wildman–Crippen MR) is 79.4 cm³/mol. The molecule has 0 unspecified atom stereocenters. The standard InChI is InChI=1S/C14H26N2OS/c1-5-14(6-2,11(15)18)12(17)16-9-7-13(3,4)8-10-16/h5-10H2,1-4H3,(H2,15,18). The third kappa shape index (κ3) is 2.85. The molecule has 1 fully saturated rings. The second-order valence-corrected chi connectivity index (χ2v) is 6.55. The molecule has 0 bridgehead atoms. The predicted octanol–water partition coefficient (Wildman–Crippen LogP) is 2.73. The maximum absolute atomic E-state index is 12.7. The Kier molecular flexibility index (Phi) is 4.76. The fourth-order valence-corrected chi connectivity index (χ4v) is 3.00. The minimum Gasteiger partial charge on any atom is -0.392 e. The smallest absolute Gasteiger partial charge is 0.235 e. The van der Waals surface area contributed by atoms with E-state index in [1.807, 2.05) is 18.7 Å². The zero-order chi connectivity index (χ0) is 14.0. The summed E-state index contributed by atoms with van der Waals surface area (Å²) in [5, 5.41) is 0. The maximum atomic E-state index is 12.7. The van der Waals surface area contributed by atoms with Crippen molar-refractivity contribution in [2.24, 2.45) is 16.6 Å². The molecule has 18 heavy (non-hydrogen) atoms. The van der Waals surface area contributed by atoms with Crippen LogP contribution in [0.1, 0.15) is 53.4 Å². The fourth-order valence-electron chi connectivity index (χ4n) is 2.62. The van der Waals surface area contributed by atoms with E-state index in [4.69, 9.17) is 18.0 Å². The highest BCUT2D eigenvalue weighted by Crippen LogP contribution is 2.34. The molecule has 1 saturated heterocycles. The first kappa shape index (κ1) is 15.4. The molecule has 4 heteroatoms. The van der Waals surface area contributed by atoms with E-state index in [0.29, 0.717) is 23.2 Å². The summed E-state index contributed by atoms with van der Waals surface area (Å²) in [6.45, 7) is 10.2. The highest BCUT2D eigenvalue weighted by Gasteiger charge is 2.42. The van der Waals surface area contributed by atoms with Crippen LogP contribution in [0.2, 0.25) is 0 Å². The molecular formula is C14H26N2OS. The number of hydrogen-bond donors (Lipinski definition) is 1. The van der Waals surface area contributed by atoms with E-state index in [1.165, 1.54) is 0 Å². The van der Waals surface area contributed by atoms with E-state index in [9.17, 15) is 4.79 Å². The van der Waals surface area contributed by atoms with Crippen LogP contribution < -0.4 is 5.73 Å². The molecule has 0 aromatic heterocycles. The topological polar surface area (TPSA) is 46.3 Å². The lowest BCUT2D eigenvalue weighted by Crippen LogP contribution is -2.52. The molecule has 1 heterocycles. The summed E-state index contributed by atoms with van der Waals surface area (Å²) in [5.41, 5.74) is 5.56. The molecule has 3 nitrogen and oxygen atoms in total. The molecule has 1 aliphatic rings. The van der Waals surface area contributed by atoms with Gasteiger partial charge in [0.05, 0.1) is 10.4 Å². The van der Waals surface area contributed by atoms with E-state index in [1.54, 1.807) is 0 Å². The number of piperidine rings is 1. The second-order valence-electron chi connectivity index (χ2n) is 6.11. The monoisotopic (exact) mass is 270 g/mol. The van der Waals surface area contributed by atoms with Crippen LogP contribution in [0.5, 0.6) is 0 Å². The number of rotatable bonds is 4. The van der Waals surface area contributed by atoms with Crippen LogP contribution in [0, 0.1) is 10.8 Å². The zero-order valence-corrected chi connectivity index (χ0v) is 12.9. The maximum Gasteiger partial charge on any atom is 0.235 e. The number of likely N-dealkylation sites (tertiary alicyclic amines) is 1. The van der Waals surface area contributed by atoms with Crippen molar-refractivity contribution >= 4 is 23.1 Å². The van der Waals surface area contributed by atoms with Gasteiger partial charge in [0.1, 0.15) is 0 Å². The first-order valence-corrected chi connectivity index (χ1v) is 7.29. The Morgan fingerprint density at radius 2 is 1.72 bits per heavy atom. The minimum absolute atomic E-state index is 0.135. The summed E-state index contributed by atoms with van der Waals surface area (Å²) in [7, 11) is 0. The van der Waals surface area contributed by atoms with Crippen molar-refractivity contribution in [3.63, 3.8) is 0 Å². The van der Waals surface area contributed by atoms with Crippen LogP contribution in [-0.4, -0.2) is 28.9 Å². The number of carbonyl (C=O) groups is 1. The molecule has 0 spiro atoms. The van der Waals surface area contributed by atoms with E-state index in [2.05, 4.69) is 13.8 Å². The SMILES string of the molecule is CCC(CC)(C(=O)N1CCC(C)(C)CC1)C(N)=S. The number of nitrogens with two attached hydrogens (primary N) is 1. The molecule has 0 saturated carbocycles. The molecule has 1 aliphatic heterocycles. The number of thiocarbonyl (C=S) groups is 1. The van der Waals surface area contributed by atoms with E-state index in [0.717, 1.165) is 25.9 Å². The summed E-state index contributed by atoms with van der Waals surface area (Å²) in [6.07, 6.45) is 3.49. The van der Waals surface area contributed by atoms with Crippen molar-refractivity contribution in [1.29, 1.82) is 0 Å². The van der Waals surface area contributed by atoms with Gasteiger partial charge in [0.25, 0.3) is 0 Å². The number of carbonyl (C=O) groups excluding carboxylic acids is 1. The highest BCUT2D eigenvalue weighted by molar-refractivity contribution is 7.80. The lowest BCUT2D eigenvalue weighted by molar-refractivity contribution is -0.140. The second kappa shape index (κ2) is 5.55. The van der Waals surface area contributed by atoms with Gasteiger partial charge in [-0.1, -0.05) is 39.9 Å². The molecule has 2 N–H and O–H groups in total. The molecule has 1 amide bonds. The Bertz CT molecular complexity index is 325. The molecule has 0 aromatic rings. The van der Waals surface area contributed by atoms with Gasteiger partial charge in [0.15, 0.2) is 0 Å². The van der Waals surface area contributed by atoms with Crippen molar-refractivity contribution < 1.29 is 4.79 Å². The van der Waals surface area contributed by atoms with Gasteiger partial charge in [-0.3, -0.25) is 4.79 Å². The van der Waals surface area contributed by atoms with E-state index in [-0.39, 0.29) is 5.91 Å². The van der Waals surface area contributed by atoms with Crippen LogP contribution in [-0.2, 0) is 4.79 Å². The number of amides is 1. The average molecular weight is 270 g/mol. The average Bonchev–Trinajstić information content (AvgIpc) is 2.30. The van der Waals surface area contributed by atoms with Crippen LogP contribution in [0.3, 0.4) is 0 Å². The third-order valence-electron chi connectivity index (χ3n) is 4.49. The first-order chi connectivity index (χ1) is 8.29. The lowest BCUT2D eigenvalue weighted by Gasteiger charge is -2.41. The Hall–Kier alpha value is -0.640. The lowest BCUT2D eigenvalue weighted by atomic mass is 9.78. The molecule has 104 valence electrons. The van der Waals surface area contributed by atoms with Crippen LogP contribution in [0.15, 0.2) is 0 Å². The van der Waals surface area contributed by atoms with Gasteiger partial charge < -0.3 is 10.6 Å². The van der Waals surface area contributed by atoms with Crippen molar-refractivity contribution in [2.45, 2.75) is 53.4 Å². The zero-order valence-electron chi connectivity index (χ0n) is 12.1. The summed E-state index contributed by atoms with van der Waals surface area (Å²) >= 11 is 5.15. The van der Waals surface area contributed by atoms with Gasteiger partial charge in [-0.2, -0.15) is 0 Å². The molecule has 0 aliphatic carbocycles. The van der Waals surface area contributed by atoms with Gasteiger partial charge in [-0.25, -0.2) is 0 Å². The van der Waals surface area contributed by atoms with E-state index < -0.39 is 5.41 Å². The van der Waals surface area contributed by atoms with Crippen molar-refractivity contribution in [3.05, 3.63) is 0 Å². The van der Waals surface area contributed by atoms with Gasteiger partial charge >= 0.3 is 0 Å². The molecule has 0 atom stereocenters. The van der Waals surface area contributed by atoms with Crippen molar-refractivity contribution in [2.75, 3.05) is 13.1 Å². The molecule has 1 rings (SSSR count). The van der Waals surface area contributed by atoms with Crippen LogP contribution in [0.4, 0.5) is 0 Å². The summed E-state index contributed by atoms with van der Waals surface area (Å²) < 4.78 is 0. The van der Waals surface area contributed by atoms with Gasteiger partial charge in [-0.05, 0) is 31.1 Å². The Balaban J connectivity index is 2.83. The largest absolute Gasteiger partial charge is 0.392 e. The van der Waals surface area contributed by atoms with Crippen LogP contribution >= 0.6 is 12.2 Å². The number of nitrogens with zero attached hydrogens (tertiary/aromatic N) is 1. The number of hydrogen-bond acceptors (Lipinski definition) is 2. The van der Waals surface area contributed by atoms with Crippen molar-refractivity contribution in [1.82, 2.24) is 4.90 Å². The molecule has 0 radical (unpaired) electrons. The van der Waals surface area contributed by atoms with E-state index >= 15 is 0 Å². The van der Waals surface area contributed by atoms with Gasteiger partial charge in [-0.15, -0.1) is 0 Å². The summed E-state index contributed by atoms with van der Waals surface area (Å²) in [4.78, 5) is 15.0. The quantitative estimate of drug-likeness (QED) is 0.799. The van der Waals surface area contributed by atoms with Gasteiger partial charge in [0.2, 0.25) is 5.91 Å². The van der Waals surface area contributed by atoms with Crippen LogP contribution in [0.25, 0.3) is 0 Å². The summed E-state index contributed by atoms with van der Waals surface area (Å²) in [5.74, 6) is 0.135. The summed E-state index contributed by atoms with van der Waals surface area (Å²) in [6, 6.07) is 0. The molecule has 0 aromatic carbocycles. The molecular weight excluding hydrogens is 244 g/mol.